The minimum absolute atomic E-state index is 0.0669. The minimum atomic E-state index is -1.82. The summed E-state index contributed by atoms with van der Waals surface area (Å²) in [5.74, 6) is -6.10. The van der Waals surface area contributed by atoms with Crippen LogP contribution in [0.1, 0.15) is 10.4 Å². The molecule has 3 rings (SSSR count). The second-order valence-corrected chi connectivity index (χ2v) is 9.37. The molecule has 17 heteroatoms. The quantitative estimate of drug-likeness (QED) is 0.103. The fourth-order valence-corrected chi connectivity index (χ4v) is 3.80. The Morgan fingerprint density at radius 1 is 0.708 bits per heavy atom. The summed E-state index contributed by atoms with van der Waals surface area (Å²) in [5, 5.41) is 32.4. The molecule has 5 N–H and O–H groups in total. The molecular weight excluding hydrogens is 644 g/mol. The van der Waals surface area contributed by atoms with Crippen LogP contribution in [0.25, 0.3) is 0 Å². The molecule has 1 aliphatic heterocycles. The Morgan fingerprint density at radius 2 is 1.29 bits per heavy atom. The lowest BCUT2D eigenvalue weighted by Crippen LogP contribution is -2.46. The van der Waals surface area contributed by atoms with Gasteiger partial charge in [-0.15, -0.1) is 0 Å². The average Bonchev–Trinajstić information content (AvgIpc) is 3.08. The maximum atomic E-state index is 12.5. The highest BCUT2D eigenvalue weighted by Gasteiger charge is 2.19. The van der Waals surface area contributed by atoms with Crippen molar-refractivity contribution in [2.75, 3.05) is 83.9 Å². The zero-order chi connectivity index (χ0) is 35.7. The average molecular weight is 684 g/mol. The Kier molecular flexibility index (Phi) is 20.3. The van der Waals surface area contributed by atoms with Gasteiger partial charge < -0.3 is 44.9 Å². The molecule has 1 amide bonds. The summed E-state index contributed by atoms with van der Waals surface area (Å²) in [7, 11) is 0. The number of carboxylic acids is 4. The molecule has 1 aliphatic rings. The molecule has 0 unspecified atom stereocenters. The van der Waals surface area contributed by atoms with Gasteiger partial charge in [-0.2, -0.15) is 0 Å². The van der Waals surface area contributed by atoms with Crippen molar-refractivity contribution in [1.29, 1.82) is 0 Å². The van der Waals surface area contributed by atoms with E-state index in [0.717, 1.165) is 44.2 Å². The van der Waals surface area contributed by atoms with Gasteiger partial charge in [-0.3, -0.25) is 9.69 Å². The number of hydrogen-bond acceptors (Lipinski definition) is 10. The topological polar surface area (TPSA) is 212 Å². The first kappa shape index (κ1) is 40.7. The van der Waals surface area contributed by atoms with Gasteiger partial charge in [-0.1, -0.05) is 24.3 Å². The van der Waals surface area contributed by atoms with Crippen LogP contribution in [-0.4, -0.2) is 134 Å². The summed E-state index contributed by atoms with van der Waals surface area (Å²) in [6.45, 7) is 4.58. The predicted octanol–water partition coefficient (Wildman–Crippen LogP) is 1.82. The zero-order valence-electron chi connectivity index (χ0n) is 26.0. The number of carbonyl (C=O) groups excluding carboxylic acids is 1. The van der Waals surface area contributed by atoms with Crippen molar-refractivity contribution >= 4 is 35.5 Å². The third-order valence-corrected chi connectivity index (χ3v) is 6.02. The molecule has 264 valence electrons. The van der Waals surface area contributed by atoms with Gasteiger partial charge >= 0.3 is 23.9 Å². The number of rotatable bonds is 15. The van der Waals surface area contributed by atoms with Gasteiger partial charge in [0.25, 0.3) is 5.91 Å². The molecule has 2 aromatic carbocycles. The first-order valence-electron chi connectivity index (χ1n) is 14.5. The van der Waals surface area contributed by atoms with Crippen LogP contribution in [0.2, 0.25) is 0 Å². The lowest BCUT2D eigenvalue weighted by molar-refractivity contribution is -0.159. The van der Waals surface area contributed by atoms with E-state index >= 15 is 0 Å². The van der Waals surface area contributed by atoms with Crippen molar-refractivity contribution in [3.05, 3.63) is 66.2 Å². The minimum Gasteiger partial charge on any atom is -0.491 e. The number of amides is 1. The normalized spacial score (nSPS) is 12.5. The number of nitrogens with one attached hydrogen (secondary N) is 1. The monoisotopic (exact) mass is 683 g/mol. The Morgan fingerprint density at radius 3 is 1.85 bits per heavy atom. The van der Waals surface area contributed by atoms with E-state index in [1.54, 1.807) is 24.3 Å². The summed E-state index contributed by atoms with van der Waals surface area (Å²) in [4.78, 5) is 53.3. The second kappa shape index (κ2) is 24.0. The van der Waals surface area contributed by atoms with Crippen LogP contribution in [0.5, 0.6) is 11.5 Å². The zero-order valence-corrected chi connectivity index (χ0v) is 26.0. The van der Waals surface area contributed by atoms with Gasteiger partial charge in [-0.05, 0) is 36.4 Å². The summed E-state index contributed by atoms with van der Waals surface area (Å²) < 4.78 is 40.5. The molecule has 0 saturated carbocycles. The van der Waals surface area contributed by atoms with Crippen LogP contribution in [0.15, 0.2) is 60.7 Å². The van der Waals surface area contributed by atoms with Crippen LogP contribution in [0.3, 0.4) is 0 Å². The lowest BCUT2D eigenvalue weighted by atomic mass is 10.2. The summed E-state index contributed by atoms with van der Waals surface area (Å²) in [6.07, 6.45) is 4.02. The van der Waals surface area contributed by atoms with Gasteiger partial charge in [0.05, 0.1) is 18.9 Å². The number of nitrogens with zero attached hydrogens (tertiary/aromatic N) is 2. The second-order valence-electron chi connectivity index (χ2n) is 9.37. The Bertz CT molecular complexity index is 1270. The van der Waals surface area contributed by atoms with Crippen molar-refractivity contribution < 1.29 is 67.4 Å². The van der Waals surface area contributed by atoms with Crippen LogP contribution >= 0.6 is 0 Å². The van der Waals surface area contributed by atoms with E-state index in [9.17, 15) is 13.6 Å². The molecule has 1 fully saturated rings. The molecule has 0 aliphatic carbocycles. The summed E-state index contributed by atoms with van der Waals surface area (Å²) in [5.41, 5.74) is 1.56. The largest absolute Gasteiger partial charge is 0.491 e. The number of aliphatic carboxylic acids is 4. The van der Waals surface area contributed by atoms with E-state index in [1.165, 1.54) is 0 Å². The van der Waals surface area contributed by atoms with Crippen LogP contribution in [0, 0.1) is 0 Å². The molecule has 0 atom stereocenters. The molecular formula is C31H39F2N3O12. The predicted molar refractivity (Wildman–Crippen MR) is 167 cm³/mol. The molecule has 48 heavy (non-hydrogen) atoms. The third-order valence-electron chi connectivity index (χ3n) is 6.02. The highest BCUT2D eigenvalue weighted by atomic mass is 19.1. The van der Waals surface area contributed by atoms with Gasteiger partial charge in [0.2, 0.25) is 0 Å². The standard InChI is InChI=1S/C27H35F2N3O4.2C2H2O4/c28-11-19-34-21-22-35-24-9-7-23(8-10-24)27(33)30-13-3-4-14-31-15-17-32(18-16-31)25-5-1-2-6-26(25)36-20-12-29;2*3-1(4)2(5)6/h1-10H,11-22H2,(H,30,33);2*(H,3,4)(H,5,6)/b4-3+;;. The third kappa shape index (κ3) is 17.4. The molecule has 2 aromatic rings. The van der Waals surface area contributed by atoms with Crippen LogP contribution in [-0.2, 0) is 23.9 Å². The van der Waals surface area contributed by atoms with Gasteiger partial charge in [0.1, 0.15) is 38.1 Å². The van der Waals surface area contributed by atoms with Crippen LogP contribution in [0.4, 0.5) is 14.5 Å². The van der Waals surface area contributed by atoms with Crippen molar-refractivity contribution in [2.45, 2.75) is 0 Å². The molecule has 0 radical (unpaired) electrons. The highest BCUT2D eigenvalue weighted by molar-refractivity contribution is 6.27. The highest BCUT2D eigenvalue weighted by Crippen LogP contribution is 2.28. The molecule has 15 nitrogen and oxygen atoms in total. The van der Waals surface area contributed by atoms with E-state index in [-0.39, 0.29) is 19.1 Å². The number of halogens is 2. The van der Waals surface area contributed by atoms with E-state index in [1.807, 2.05) is 30.3 Å². The van der Waals surface area contributed by atoms with Gasteiger partial charge in [0.15, 0.2) is 0 Å². The molecule has 1 saturated heterocycles. The van der Waals surface area contributed by atoms with E-state index < -0.39 is 37.2 Å². The van der Waals surface area contributed by atoms with E-state index in [4.69, 9.17) is 53.8 Å². The number of para-hydroxylation sites is 2. The SMILES string of the molecule is O=C(NC/C=C/CN1CCN(c2ccccc2OCCF)CC1)c1ccc(OCCOCCF)cc1.O=C(O)C(=O)O.O=C(O)C(=O)O. The number of carboxylic acid groups (broad SMARTS) is 4. The molecule has 1 heterocycles. The Hall–Kier alpha value is -5.29. The first-order valence-corrected chi connectivity index (χ1v) is 14.5. The van der Waals surface area contributed by atoms with Crippen LogP contribution < -0.4 is 19.7 Å². The maximum Gasteiger partial charge on any atom is 0.414 e. The van der Waals surface area contributed by atoms with Crippen molar-refractivity contribution in [3.63, 3.8) is 0 Å². The van der Waals surface area contributed by atoms with Gasteiger partial charge in [-0.25, -0.2) is 28.0 Å². The maximum absolute atomic E-state index is 12.5. The van der Waals surface area contributed by atoms with E-state index in [2.05, 4.69) is 21.2 Å². The smallest absolute Gasteiger partial charge is 0.414 e. The Balaban J connectivity index is 0.000000817. The fourth-order valence-electron chi connectivity index (χ4n) is 3.80. The molecule has 0 aromatic heterocycles. The van der Waals surface area contributed by atoms with Crippen molar-refractivity contribution in [2.24, 2.45) is 0 Å². The molecule has 0 spiro atoms. The number of benzene rings is 2. The van der Waals surface area contributed by atoms with E-state index in [0.29, 0.717) is 31.1 Å². The summed E-state index contributed by atoms with van der Waals surface area (Å²) >= 11 is 0. The number of alkyl halides is 2. The fraction of sp³-hybridized carbons (Fsp3) is 0.387. The summed E-state index contributed by atoms with van der Waals surface area (Å²) in [6, 6.07) is 14.6. The lowest BCUT2D eigenvalue weighted by Gasteiger charge is -2.36. The number of carbonyl (C=O) groups is 5. The van der Waals surface area contributed by atoms with Gasteiger partial charge in [0, 0.05) is 44.8 Å². The molecule has 0 bridgehead atoms. The number of anilines is 1. The first-order chi connectivity index (χ1) is 23.0. The Labute approximate surface area is 274 Å². The van der Waals surface area contributed by atoms with Crippen molar-refractivity contribution in [3.8, 4) is 11.5 Å². The number of ether oxygens (including phenoxy) is 3. The number of piperazine rings is 1. The number of hydrogen-bond donors (Lipinski definition) is 5. The van der Waals surface area contributed by atoms with Crippen molar-refractivity contribution in [1.82, 2.24) is 10.2 Å².